The van der Waals surface area contributed by atoms with E-state index < -0.39 is 0 Å². The van der Waals surface area contributed by atoms with E-state index in [4.69, 9.17) is 15.2 Å². The van der Waals surface area contributed by atoms with Gasteiger partial charge in [-0.1, -0.05) is 6.92 Å². The van der Waals surface area contributed by atoms with Crippen molar-refractivity contribution in [3.05, 3.63) is 23.4 Å². The minimum Gasteiger partial charge on any atom is -0.383 e. The molecular formula is C14H25N3O2. The predicted octanol–water partition coefficient (Wildman–Crippen LogP) is 1.68. The number of hydrogen-bond acceptors (Lipinski definition) is 5. The Morgan fingerprint density at radius 3 is 2.79 bits per heavy atom. The lowest BCUT2D eigenvalue weighted by molar-refractivity contribution is 0.0658. The van der Waals surface area contributed by atoms with Crippen LogP contribution in [0.25, 0.3) is 0 Å². The highest BCUT2D eigenvalue weighted by Gasteiger charge is 2.16. The largest absolute Gasteiger partial charge is 0.383 e. The van der Waals surface area contributed by atoms with Crippen molar-refractivity contribution in [1.29, 1.82) is 0 Å². The second kappa shape index (κ2) is 8.85. The standard InChI is InChI=1S/C14H25N3O2/c1-4-16-12(6-8-19-10-9-18-3)13-11(2)5-7-17-14(13)15/h5,7,12,16H,4,6,8-10H2,1-3H3,(H2,15,17). The number of anilines is 1. The number of aromatic nitrogens is 1. The lowest BCUT2D eigenvalue weighted by Gasteiger charge is -2.21. The summed E-state index contributed by atoms with van der Waals surface area (Å²) < 4.78 is 10.5. The van der Waals surface area contributed by atoms with Crippen LogP contribution >= 0.6 is 0 Å². The number of hydrogen-bond donors (Lipinski definition) is 2. The fourth-order valence-corrected chi connectivity index (χ4v) is 2.08. The van der Waals surface area contributed by atoms with E-state index in [0.29, 0.717) is 25.6 Å². The highest BCUT2D eigenvalue weighted by atomic mass is 16.5. The molecule has 0 bridgehead atoms. The normalized spacial score (nSPS) is 12.6. The summed E-state index contributed by atoms with van der Waals surface area (Å²) in [5.74, 6) is 0.600. The number of rotatable bonds is 9. The van der Waals surface area contributed by atoms with Gasteiger partial charge in [-0.15, -0.1) is 0 Å². The van der Waals surface area contributed by atoms with E-state index in [0.717, 1.165) is 24.1 Å². The second-order valence-electron chi connectivity index (χ2n) is 4.43. The molecule has 108 valence electrons. The third-order valence-electron chi connectivity index (χ3n) is 3.02. The van der Waals surface area contributed by atoms with Crippen molar-refractivity contribution >= 4 is 5.82 Å². The van der Waals surface area contributed by atoms with Gasteiger partial charge in [0.25, 0.3) is 0 Å². The van der Waals surface area contributed by atoms with Crippen LogP contribution in [0.3, 0.4) is 0 Å². The molecule has 1 aromatic rings. The third-order valence-corrected chi connectivity index (χ3v) is 3.02. The maximum Gasteiger partial charge on any atom is 0.128 e. The van der Waals surface area contributed by atoms with Crippen LogP contribution in [-0.2, 0) is 9.47 Å². The van der Waals surface area contributed by atoms with E-state index in [1.54, 1.807) is 13.3 Å². The van der Waals surface area contributed by atoms with E-state index in [9.17, 15) is 0 Å². The van der Waals surface area contributed by atoms with Gasteiger partial charge in [0, 0.05) is 31.5 Å². The first-order valence-electron chi connectivity index (χ1n) is 6.71. The minimum absolute atomic E-state index is 0.182. The quantitative estimate of drug-likeness (QED) is 0.666. The molecule has 1 heterocycles. The average Bonchev–Trinajstić information content (AvgIpc) is 2.38. The van der Waals surface area contributed by atoms with Crippen molar-refractivity contribution in [2.24, 2.45) is 0 Å². The molecule has 0 saturated carbocycles. The summed E-state index contributed by atoms with van der Waals surface area (Å²) >= 11 is 0. The second-order valence-corrected chi connectivity index (χ2v) is 4.43. The van der Waals surface area contributed by atoms with Crippen LogP contribution in [0.5, 0.6) is 0 Å². The highest BCUT2D eigenvalue weighted by Crippen LogP contribution is 2.24. The fraction of sp³-hybridized carbons (Fsp3) is 0.643. The predicted molar refractivity (Wildman–Crippen MR) is 77.1 cm³/mol. The number of ether oxygens (including phenoxy) is 2. The summed E-state index contributed by atoms with van der Waals surface area (Å²) in [6.07, 6.45) is 2.61. The molecule has 5 nitrogen and oxygen atoms in total. The Balaban J connectivity index is 2.61. The van der Waals surface area contributed by atoms with Gasteiger partial charge in [-0.25, -0.2) is 4.98 Å². The Hall–Kier alpha value is -1.17. The molecule has 0 radical (unpaired) electrons. The Labute approximate surface area is 115 Å². The molecule has 0 fully saturated rings. The number of pyridine rings is 1. The Bertz CT molecular complexity index is 351. The van der Waals surface area contributed by atoms with Crippen molar-refractivity contribution < 1.29 is 9.47 Å². The molecule has 0 aliphatic rings. The molecule has 0 aliphatic heterocycles. The van der Waals surface area contributed by atoms with Gasteiger partial charge in [0.05, 0.1) is 13.2 Å². The Kier molecular flexibility index (Phi) is 7.40. The molecule has 0 amide bonds. The number of nitrogen functional groups attached to an aromatic ring is 1. The van der Waals surface area contributed by atoms with Crippen molar-refractivity contribution in [3.8, 4) is 0 Å². The maximum absolute atomic E-state index is 5.99. The zero-order valence-corrected chi connectivity index (χ0v) is 12.1. The van der Waals surface area contributed by atoms with Crippen LogP contribution in [0.1, 0.15) is 30.5 Å². The number of aryl methyl sites for hydroxylation is 1. The Morgan fingerprint density at radius 1 is 1.37 bits per heavy atom. The third kappa shape index (κ3) is 5.14. The smallest absolute Gasteiger partial charge is 0.128 e. The van der Waals surface area contributed by atoms with Gasteiger partial charge in [0.15, 0.2) is 0 Å². The number of methoxy groups -OCH3 is 1. The summed E-state index contributed by atoms with van der Waals surface area (Å²) in [5.41, 5.74) is 8.24. The molecule has 19 heavy (non-hydrogen) atoms. The molecule has 1 aromatic heterocycles. The summed E-state index contributed by atoms with van der Waals surface area (Å²) in [4.78, 5) is 4.18. The minimum atomic E-state index is 0.182. The first kappa shape index (κ1) is 15.9. The zero-order chi connectivity index (χ0) is 14.1. The molecule has 1 rings (SSSR count). The fourth-order valence-electron chi connectivity index (χ4n) is 2.08. The first-order valence-corrected chi connectivity index (χ1v) is 6.71. The van der Waals surface area contributed by atoms with Gasteiger partial charge >= 0.3 is 0 Å². The number of nitrogens with one attached hydrogen (secondary N) is 1. The van der Waals surface area contributed by atoms with Crippen molar-refractivity contribution in [3.63, 3.8) is 0 Å². The van der Waals surface area contributed by atoms with Gasteiger partial charge in [-0.2, -0.15) is 0 Å². The van der Waals surface area contributed by atoms with Crippen LogP contribution in [0.2, 0.25) is 0 Å². The van der Waals surface area contributed by atoms with Crippen LogP contribution in [0, 0.1) is 6.92 Å². The van der Waals surface area contributed by atoms with Gasteiger partial charge in [-0.3, -0.25) is 0 Å². The number of nitrogens with two attached hydrogens (primary N) is 1. The van der Waals surface area contributed by atoms with Gasteiger partial charge in [0.2, 0.25) is 0 Å². The first-order chi connectivity index (χ1) is 9.20. The van der Waals surface area contributed by atoms with Crippen molar-refractivity contribution in [1.82, 2.24) is 10.3 Å². The van der Waals surface area contributed by atoms with Crippen LogP contribution in [-0.4, -0.2) is 38.5 Å². The Morgan fingerprint density at radius 2 is 2.16 bits per heavy atom. The van der Waals surface area contributed by atoms with Gasteiger partial charge in [0.1, 0.15) is 5.82 Å². The van der Waals surface area contributed by atoms with Gasteiger partial charge < -0.3 is 20.5 Å². The zero-order valence-electron chi connectivity index (χ0n) is 12.1. The summed E-state index contributed by atoms with van der Waals surface area (Å²) in [6, 6.07) is 2.17. The highest BCUT2D eigenvalue weighted by molar-refractivity contribution is 5.46. The van der Waals surface area contributed by atoms with Crippen molar-refractivity contribution in [2.75, 3.05) is 39.2 Å². The molecule has 5 heteroatoms. The summed E-state index contributed by atoms with van der Waals surface area (Å²) in [5, 5.41) is 3.44. The van der Waals surface area contributed by atoms with E-state index in [1.807, 2.05) is 6.07 Å². The molecule has 0 aliphatic carbocycles. The maximum atomic E-state index is 5.99. The topological polar surface area (TPSA) is 69.4 Å². The van der Waals surface area contributed by atoms with Crippen LogP contribution in [0.4, 0.5) is 5.82 Å². The van der Waals surface area contributed by atoms with E-state index in [2.05, 4.69) is 24.1 Å². The van der Waals surface area contributed by atoms with E-state index in [1.165, 1.54) is 0 Å². The van der Waals surface area contributed by atoms with E-state index in [-0.39, 0.29) is 6.04 Å². The molecular weight excluding hydrogens is 242 g/mol. The molecule has 0 aromatic carbocycles. The number of nitrogens with zero attached hydrogens (tertiary/aromatic N) is 1. The lowest BCUT2D eigenvalue weighted by atomic mass is 10.00. The monoisotopic (exact) mass is 267 g/mol. The van der Waals surface area contributed by atoms with Crippen LogP contribution < -0.4 is 11.1 Å². The van der Waals surface area contributed by atoms with E-state index >= 15 is 0 Å². The molecule has 0 saturated heterocycles. The molecule has 1 atom stereocenters. The van der Waals surface area contributed by atoms with Crippen molar-refractivity contribution in [2.45, 2.75) is 26.3 Å². The molecule has 1 unspecified atom stereocenters. The lowest BCUT2D eigenvalue weighted by Crippen LogP contribution is -2.24. The SMILES string of the molecule is CCNC(CCOCCOC)c1c(C)ccnc1N. The van der Waals surface area contributed by atoms with Gasteiger partial charge in [-0.05, 0) is 31.5 Å². The average molecular weight is 267 g/mol. The molecule has 0 spiro atoms. The summed E-state index contributed by atoms with van der Waals surface area (Å²) in [7, 11) is 1.67. The van der Waals surface area contributed by atoms with Crippen LogP contribution in [0.15, 0.2) is 12.3 Å². The molecule has 3 N–H and O–H groups in total. The summed E-state index contributed by atoms with van der Waals surface area (Å²) in [6.45, 7) is 6.95.